The average Bonchev–Trinajstić information content (AvgIpc) is 3.16. The van der Waals surface area contributed by atoms with Crippen molar-refractivity contribution in [3.8, 4) is 11.9 Å². The summed E-state index contributed by atoms with van der Waals surface area (Å²) in [4.78, 5) is 17.9. The van der Waals surface area contributed by atoms with E-state index in [2.05, 4.69) is 15.2 Å². The van der Waals surface area contributed by atoms with Crippen LogP contribution in [0, 0.1) is 25.2 Å². The summed E-state index contributed by atoms with van der Waals surface area (Å²) in [6.45, 7) is 4.48. The van der Waals surface area contributed by atoms with Crippen LogP contribution in [0.2, 0.25) is 0 Å². The van der Waals surface area contributed by atoms with E-state index in [4.69, 9.17) is 4.74 Å². The lowest BCUT2D eigenvalue weighted by molar-refractivity contribution is 0.107. The highest BCUT2D eigenvalue weighted by Crippen LogP contribution is 2.37. The lowest BCUT2D eigenvalue weighted by atomic mass is 10.0. The van der Waals surface area contributed by atoms with Crippen LogP contribution in [0.25, 0.3) is 5.82 Å². The molecule has 3 aromatic rings. The van der Waals surface area contributed by atoms with Gasteiger partial charge in [0.2, 0.25) is 0 Å². The molecule has 176 valence electrons. The Kier molecular flexibility index (Phi) is 5.61. The molecule has 0 amide bonds. The quantitative estimate of drug-likeness (QED) is 0.546. The molecule has 2 aliphatic heterocycles. The summed E-state index contributed by atoms with van der Waals surface area (Å²) in [5.41, 5.74) is 2.68. The van der Waals surface area contributed by atoms with E-state index in [1.807, 2.05) is 26.0 Å². The first-order valence-corrected chi connectivity index (χ1v) is 11.1. The van der Waals surface area contributed by atoms with Gasteiger partial charge in [0, 0.05) is 36.6 Å². The molecule has 11 heteroatoms. The minimum absolute atomic E-state index is 0.0155. The Bertz CT molecular complexity index is 1330. The van der Waals surface area contributed by atoms with Gasteiger partial charge in [-0.15, -0.1) is 5.10 Å². The number of aromatic nitrogens is 5. The standard InChI is InChI=1S/C23H23F2N7O2/c1-13-7-14(2)31(28-13)21-3-4-22(33)32(29-21)17-9-19(24)30(20(25)10-17)23-15(11-26)8-16-12-34-6-5-18(16)27-23/h3-4,7-8,17,19-20H,5-6,9-10,12H2,1-2H3. The highest BCUT2D eigenvalue weighted by molar-refractivity contribution is 5.57. The van der Waals surface area contributed by atoms with Crippen LogP contribution in [0.4, 0.5) is 14.6 Å². The van der Waals surface area contributed by atoms with E-state index < -0.39 is 24.2 Å². The number of nitrogens with zero attached hydrogens (tertiary/aromatic N) is 7. The van der Waals surface area contributed by atoms with Crippen LogP contribution < -0.4 is 10.5 Å². The predicted molar refractivity (Wildman–Crippen MR) is 118 cm³/mol. The van der Waals surface area contributed by atoms with Crippen LogP contribution in [0.5, 0.6) is 0 Å². The number of alkyl halides is 2. The van der Waals surface area contributed by atoms with Gasteiger partial charge in [-0.3, -0.25) is 9.69 Å². The molecule has 0 spiro atoms. The number of rotatable bonds is 3. The second-order valence-corrected chi connectivity index (χ2v) is 8.59. The Balaban J connectivity index is 1.46. The molecule has 0 aliphatic carbocycles. The molecule has 2 aliphatic rings. The lowest BCUT2D eigenvalue weighted by Crippen LogP contribution is -2.48. The molecule has 0 N–H and O–H groups in total. The SMILES string of the molecule is Cc1cc(C)n(-c2ccc(=O)n(C3CC(F)N(c4nc5c(cc4C#N)COCC5)C(F)C3)n2)n1. The molecule has 9 nitrogen and oxygen atoms in total. The number of hydrogen-bond acceptors (Lipinski definition) is 7. The molecule has 0 radical (unpaired) electrons. The van der Waals surface area contributed by atoms with Crippen molar-refractivity contribution in [3.05, 3.63) is 62.8 Å². The second-order valence-electron chi connectivity index (χ2n) is 8.59. The molecule has 3 aromatic heterocycles. The lowest BCUT2D eigenvalue weighted by Gasteiger charge is -2.39. The molecule has 1 fully saturated rings. The zero-order valence-corrected chi connectivity index (χ0v) is 18.8. The molecule has 2 atom stereocenters. The normalized spacial score (nSPS) is 22.3. The van der Waals surface area contributed by atoms with Gasteiger partial charge in [0.25, 0.3) is 5.56 Å². The first-order valence-electron chi connectivity index (χ1n) is 11.1. The van der Waals surface area contributed by atoms with Crippen molar-refractivity contribution in [2.75, 3.05) is 11.5 Å². The first kappa shape index (κ1) is 22.2. The van der Waals surface area contributed by atoms with Gasteiger partial charge >= 0.3 is 0 Å². The van der Waals surface area contributed by atoms with E-state index in [-0.39, 0.29) is 24.2 Å². The number of piperidine rings is 1. The smallest absolute Gasteiger partial charge is 0.267 e. The highest BCUT2D eigenvalue weighted by Gasteiger charge is 2.40. The van der Waals surface area contributed by atoms with Crippen molar-refractivity contribution in [1.82, 2.24) is 24.5 Å². The maximum atomic E-state index is 15.4. The number of ether oxygens (including phenoxy) is 1. The fourth-order valence-electron chi connectivity index (χ4n) is 4.62. The monoisotopic (exact) mass is 467 g/mol. The minimum Gasteiger partial charge on any atom is -0.376 e. The van der Waals surface area contributed by atoms with Gasteiger partial charge in [-0.05, 0) is 32.0 Å². The number of anilines is 1. The van der Waals surface area contributed by atoms with E-state index in [0.717, 1.165) is 26.5 Å². The van der Waals surface area contributed by atoms with E-state index in [1.54, 1.807) is 10.7 Å². The number of fused-ring (bicyclic) bond motifs is 1. The van der Waals surface area contributed by atoms with Crippen LogP contribution in [-0.4, -0.2) is 43.7 Å². The number of nitriles is 1. The topological polar surface area (TPSA) is 102 Å². The van der Waals surface area contributed by atoms with Crippen LogP contribution >= 0.6 is 0 Å². The van der Waals surface area contributed by atoms with Gasteiger partial charge in [-0.1, -0.05) is 0 Å². The summed E-state index contributed by atoms with van der Waals surface area (Å²) in [7, 11) is 0. The van der Waals surface area contributed by atoms with Gasteiger partial charge in [0.05, 0.1) is 36.2 Å². The number of pyridine rings is 1. The Hall–Kier alpha value is -3.65. The molecular formula is C23H23F2N7O2. The van der Waals surface area contributed by atoms with Crippen molar-refractivity contribution >= 4 is 5.82 Å². The molecular weight excluding hydrogens is 444 g/mol. The first-order chi connectivity index (χ1) is 16.4. The molecule has 0 aromatic carbocycles. The van der Waals surface area contributed by atoms with Crippen molar-refractivity contribution in [2.24, 2.45) is 0 Å². The predicted octanol–water partition coefficient (Wildman–Crippen LogP) is 2.82. The Morgan fingerprint density at radius 1 is 1.15 bits per heavy atom. The number of hydrogen-bond donors (Lipinski definition) is 0. The second kappa shape index (κ2) is 8.61. The molecule has 1 saturated heterocycles. The van der Waals surface area contributed by atoms with Gasteiger partial charge < -0.3 is 4.74 Å². The van der Waals surface area contributed by atoms with Crippen LogP contribution in [0.1, 0.15) is 47.1 Å². The zero-order valence-electron chi connectivity index (χ0n) is 18.8. The molecule has 5 rings (SSSR count). The van der Waals surface area contributed by atoms with Crippen LogP contribution in [-0.2, 0) is 17.8 Å². The third-order valence-electron chi connectivity index (χ3n) is 6.20. The maximum absolute atomic E-state index is 15.4. The number of halogens is 2. The van der Waals surface area contributed by atoms with Crippen LogP contribution in [0.15, 0.2) is 29.1 Å². The van der Waals surface area contributed by atoms with Gasteiger partial charge in [-0.25, -0.2) is 23.1 Å². The van der Waals surface area contributed by atoms with Crippen molar-refractivity contribution in [1.29, 1.82) is 5.26 Å². The van der Waals surface area contributed by atoms with Crippen molar-refractivity contribution in [2.45, 2.75) is 58.3 Å². The Morgan fingerprint density at radius 3 is 2.59 bits per heavy atom. The average molecular weight is 467 g/mol. The van der Waals surface area contributed by atoms with Crippen molar-refractivity contribution < 1.29 is 13.5 Å². The minimum atomic E-state index is -1.79. The van der Waals surface area contributed by atoms with Crippen LogP contribution in [0.3, 0.4) is 0 Å². The van der Waals surface area contributed by atoms with Gasteiger partial charge in [0.15, 0.2) is 24.2 Å². The van der Waals surface area contributed by atoms with E-state index in [1.165, 1.54) is 12.1 Å². The summed E-state index contributed by atoms with van der Waals surface area (Å²) >= 11 is 0. The zero-order chi connectivity index (χ0) is 24.0. The summed E-state index contributed by atoms with van der Waals surface area (Å²) < 4.78 is 39.0. The Labute approximate surface area is 194 Å². The molecule has 0 bridgehead atoms. The van der Waals surface area contributed by atoms with E-state index >= 15 is 8.78 Å². The van der Waals surface area contributed by atoms with E-state index in [0.29, 0.717) is 31.1 Å². The summed E-state index contributed by atoms with van der Waals surface area (Å²) in [6, 6.07) is 7.52. The third kappa shape index (κ3) is 3.84. The molecule has 0 saturated carbocycles. The molecule has 34 heavy (non-hydrogen) atoms. The third-order valence-corrected chi connectivity index (χ3v) is 6.20. The molecule has 2 unspecified atom stereocenters. The van der Waals surface area contributed by atoms with E-state index in [9.17, 15) is 10.1 Å². The maximum Gasteiger partial charge on any atom is 0.267 e. The van der Waals surface area contributed by atoms with Gasteiger partial charge in [-0.2, -0.15) is 10.4 Å². The Morgan fingerprint density at radius 2 is 1.91 bits per heavy atom. The highest BCUT2D eigenvalue weighted by atomic mass is 19.2. The summed E-state index contributed by atoms with van der Waals surface area (Å²) in [5, 5.41) is 18.3. The number of aryl methyl sites for hydroxylation is 2. The van der Waals surface area contributed by atoms with Crippen molar-refractivity contribution in [3.63, 3.8) is 0 Å². The van der Waals surface area contributed by atoms with Gasteiger partial charge in [0.1, 0.15) is 6.07 Å². The largest absolute Gasteiger partial charge is 0.376 e. The summed E-state index contributed by atoms with van der Waals surface area (Å²) in [6.07, 6.45) is -3.44. The molecule has 5 heterocycles. The fraction of sp³-hybridized carbons (Fsp3) is 0.435. The summed E-state index contributed by atoms with van der Waals surface area (Å²) in [5.74, 6) is 0.377. The fourth-order valence-corrected chi connectivity index (χ4v) is 4.62.